The van der Waals surface area contributed by atoms with Gasteiger partial charge < -0.3 is 25.0 Å². The molecule has 4 aromatic rings. The van der Waals surface area contributed by atoms with E-state index in [-0.39, 0.29) is 11.6 Å². The molecule has 0 unspecified atom stereocenters. The van der Waals surface area contributed by atoms with E-state index >= 15 is 0 Å². The zero-order chi connectivity index (χ0) is 26.5. The molecule has 9 heteroatoms. The molecule has 1 aliphatic rings. The number of carbonyl (C=O) groups excluding carboxylic acids is 1. The van der Waals surface area contributed by atoms with Crippen molar-refractivity contribution in [2.75, 3.05) is 44.5 Å². The Labute approximate surface area is 220 Å². The second-order valence-corrected chi connectivity index (χ2v) is 9.44. The van der Waals surface area contributed by atoms with Crippen molar-refractivity contribution in [1.29, 1.82) is 0 Å². The van der Waals surface area contributed by atoms with E-state index in [9.17, 15) is 9.18 Å². The number of amides is 1. The van der Waals surface area contributed by atoms with E-state index in [2.05, 4.69) is 32.5 Å². The first-order valence-corrected chi connectivity index (χ1v) is 12.6. The van der Waals surface area contributed by atoms with Crippen molar-refractivity contribution in [1.82, 2.24) is 14.9 Å². The predicted octanol–water partition coefficient (Wildman–Crippen LogP) is 5.49. The van der Waals surface area contributed by atoms with Gasteiger partial charge in [0.05, 0.1) is 24.9 Å². The molecule has 0 atom stereocenters. The van der Waals surface area contributed by atoms with Crippen LogP contribution in [0.3, 0.4) is 0 Å². The quantitative estimate of drug-likeness (QED) is 0.321. The van der Waals surface area contributed by atoms with Crippen molar-refractivity contribution in [3.63, 3.8) is 0 Å². The molecule has 2 N–H and O–H groups in total. The summed E-state index contributed by atoms with van der Waals surface area (Å²) >= 11 is 0. The summed E-state index contributed by atoms with van der Waals surface area (Å²) in [6, 6.07) is 16.8. The minimum absolute atomic E-state index is 0.212. The van der Waals surface area contributed by atoms with Crippen LogP contribution in [0.25, 0.3) is 10.9 Å². The number of fused-ring (bicyclic) bond motifs is 1. The first-order chi connectivity index (χ1) is 18.5. The number of aromatic nitrogens is 2. The number of carbonyl (C=O) groups is 1. The molecule has 8 nitrogen and oxygen atoms in total. The molecule has 38 heavy (non-hydrogen) atoms. The van der Waals surface area contributed by atoms with Crippen molar-refractivity contribution >= 4 is 34.0 Å². The van der Waals surface area contributed by atoms with Gasteiger partial charge in [-0.05, 0) is 75.3 Å². The number of nitrogens with zero attached hydrogens (tertiary/aromatic N) is 3. The van der Waals surface area contributed by atoms with Crippen LogP contribution >= 0.6 is 0 Å². The number of likely N-dealkylation sites (tertiary alicyclic amines) is 1. The van der Waals surface area contributed by atoms with Gasteiger partial charge in [0.25, 0.3) is 5.91 Å². The molecule has 196 valence electrons. The maximum absolute atomic E-state index is 15.0. The maximum Gasteiger partial charge on any atom is 0.255 e. The van der Waals surface area contributed by atoms with E-state index in [1.165, 1.54) is 12.4 Å². The normalized spacial score (nSPS) is 14.3. The number of nitrogens with one attached hydrogen (secondary N) is 2. The molecule has 0 bridgehead atoms. The van der Waals surface area contributed by atoms with Crippen LogP contribution in [-0.4, -0.2) is 54.6 Å². The van der Waals surface area contributed by atoms with Crippen molar-refractivity contribution in [2.24, 2.45) is 5.92 Å². The van der Waals surface area contributed by atoms with Gasteiger partial charge in [-0.2, -0.15) is 0 Å². The Morgan fingerprint density at radius 1 is 1.05 bits per heavy atom. The number of hydrogen-bond acceptors (Lipinski definition) is 7. The Balaban J connectivity index is 1.32. The van der Waals surface area contributed by atoms with Crippen molar-refractivity contribution in [3.05, 3.63) is 78.4 Å². The number of rotatable bonds is 8. The standard InChI is InChI=1S/C29H30FN5O3/c1-35-12-10-19(11-13-35)17-38-27-16-25-22(15-26(27)37-2)28(32-18-31-25)34-24-9-8-21(14-23(24)30)33-29(36)20-6-4-3-5-7-20/h3-9,14-16,18-19H,10-13,17H2,1-2H3,(H,33,36)(H,31,32,34). The van der Waals surface area contributed by atoms with Crippen LogP contribution in [-0.2, 0) is 0 Å². The topological polar surface area (TPSA) is 88.6 Å². The fraction of sp³-hybridized carbons (Fsp3) is 0.276. The Morgan fingerprint density at radius 3 is 2.58 bits per heavy atom. The SMILES string of the molecule is COc1cc2c(Nc3ccc(NC(=O)c4ccccc4)cc3F)ncnc2cc1OCC1CCN(C)CC1. The lowest BCUT2D eigenvalue weighted by molar-refractivity contribution is 0.102. The fourth-order valence-corrected chi connectivity index (χ4v) is 4.49. The molecule has 1 aromatic heterocycles. The van der Waals surface area contributed by atoms with Gasteiger partial charge in [0.2, 0.25) is 0 Å². The van der Waals surface area contributed by atoms with Crippen LogP contribution in [0.15, 0.2) is 67.0 Å². The van der Waals surface area contributed by atoms with Crippen LogP contribution in [0, 0.1) is 11.7 Å². The Kier molecular flexibility index (Phi) is 7.65. The third kappa shape index (κ3) is 5.84. The highest BCUT2D eigenvalue weighted by Gasteiger charge is 2.19. The Hall–Kier alpha value is -4.24. The third-order valence-electron chi connectivity index (χ3n) is 6.75. The number of halogens is 1. The van der Waals surface area contributed by atoms with Gasteiger partial charge >= 0.3 is 0 Å². The van der Waals surface area contributed by atoms with Crippen molar-refractivity contribution < 1.29 is 18.7 Å². The summed E-state index contributed by atoms with van der Waals surface area (Å²) in [5.74, 6) is 1.25. The molecule has 0 saturated carbocycles. The summed E-state index contributed by atoms with van der Waals surface area (Å²) < 4.78 is 26.7. The van der Waals surface area contributed by atoms with Crippen LogP contribution in [0.1, 0.15) is 23.2 Å². The highest BCUT2D eigenvalue weighted by Crippen LogP contribution is 2.36. The summed E-state index contributed by atoms with van der Waals surface area (Å²) in [5.41, 5.74) is 1.70. The zero-order valence-corrected chi connectivity index (χ0v) is 21.4. The average Bonchev–Trinajstić information content (AvgIpc) is 2.94. The van der Waals surface area contributed by atoms with E-state index in [1.54, 1.807) is 49.6 Å². The van der Waals surface area contributed by atoms with Crippen molar-refractivity contribution in [3.8, 4) is 11.5 Å². The lowest BCUT2D eigenvalue weighted by atomic mass is 9.98. The van der Waals surface area contributed by atoms with E-state index < -0.39 is 5.82 Å². The van der Waals surface area contributed by atoms with Crippen LogP contribution in [0.5, 0.6) is 11.5 Å². The molecular weight excluding hydrogens is 485 g/mol. The molecular formula is C29H30FN5O3. The molecule has 2 heterocycles. The number of ether oxygens (including phenoxy) is 2. The van der Waals surface area contributed by atoms with E-state index in [4.69, 9.17) is 9.47 Å². The van der Waals surface area contributed by atoms with Gasteiger partial charge in [0.1, 0.15) is 18.0 Å². The second-order valence-electron chi connectivity index (χ2n) is 9.44. The summed E-state index contributed by atoms with van der Waals surface area (Å²) in [7, 11) is 3.72. The van der Waals surface area contributed by atoms with E-state index in [1.807, 2.05) is 12.1 Å². The zero-order valence-electron chi connectivity index (χ0n) is 21.4. The smallest absolute Gasteiger partial charge is 0.255 e. The number of benzene rings is 3. The van der Waals surface area contributed by atoms with Gasteiger partial charge in [-0.15, -0.1) is 0 Å². The molecule has 1 saturated heterocycles. The van der Waals surface area contributed by atoms with Gasteiger partial charge in [-0.1, -0.05) is 18.2 Å². The monoisotopic (exact) mass is 515 g/mol. The summed E-state index contributed by atoms with van der Waals surface area (Å²) in [6.45, 7) is 2.76. The molecule has 0 aliphatic carbocycles. The largest absolute Gasteiger partial charge is 0.493 e. The third-order valence-corrected chi connectivity index (χ3v) is 6.75. The van der Waals surface area contributed by atoms with E-state index in [0.29, 0.717) is 52.0 Å². The van der Waals surface area contributed by atoms with Crippen LogP contribution in [0.4, 0.5) is 21.6 Å². The minimum atomic E-state index is -0.535. The molecule has 0 spiro atoms. The highest BCUT2D eigenvalue weighted by atomic mass is 19.1. The number of methoxy groups -OCH3 is 1. The predicted molar refractivity (Wildman–Crippen MR) is 146 cm³/mol. The maximum atomic E-state index is 15.0. The van der Waals surface area contributed by atoms with Crippen molar-refractivity contribution in [2.45, 2.75) is 12.8 Å². The fourth-order valence-electron chi connectivity index (χ4n) is 4.49. The average molecular weight is 516 g/mol. The Morgan fingerprint density at radius 2 is 1.84 bits per heavy atom. The summed E-state index contributed by atoms with van der Waals surface area (Å²) in [5, 5.41) is 6.42. The lowest BCUT2D eigenvalue weighted by Gasteiger charge is -2.28. The van der Waals surface area contributed by atoms with Gasteiger partial charge in [0.15, 0.2) is 11.5 Å². The van der Waals surface area contributed by atoms with E-state index in [0.717, 1.165) is 25.9 Å². The number of anilines is 3. The second kappa shape index (κ2) is 11.4. The number of hydrogen-bond donors (Lipinski definition) is 2. The van der Waals surface area contributed by atoms with Gasteiger partial charge in [-0.3, -0.25) is 4.79 Å². The van der Waals surface area contributed by atoms with Crippen LogP contribution < -0.4 is 20.1 Å². The molecule has 3 aromatic carbocycles. The molecule has 1 amide bonds. The molecule has 0 radical (unpaired) electrons. The van der Waals surface area contributed by atoms with Gasteiger partial charge in [-0.25, -0.2) is 14.4 Å². The van der Waals surface area contributed by atoms with Crippen LogP contribution in [0.2, 0.25) is 0 Å². The highest BCUT2D eigenvalue weighted by molar-refractivity contribution is 6.04. The Bertz CT molecular complexity index is 1420. The number of piperidine rings is 1. The first kappa shape index (κ1) is 25.4. The summed E-state index contributed by atoms with van der Waals surface area (Å²) in [6.07, 6.45) is 3.62. The molecule has 5 rings (SSSR count). The minimum Gasteiger partial charge on any atom is -0.493 e. The summed E-state index contributed by atoms with van der Waals surface area (Å²) in [4.78, 5) is 23.4. The molecule has 1 aliphatic heterocycles. The van der Waals surface area contributed by atoms with Gasteiger partial charge in [0, 0.05) is 22.7 Å². The molecule has 1 fully saturated rings. The first-order valence-electron chi connectivity index (χ1n) is 12.6. The lowest BCUT2D eigenvalue weighted by Crippen LogP contribution is -2.32.